The van der Waals surface area contributed by atoms with E-state index in [-0.39, 0.29) is 3.57 Å². The van der Waals surface area contributed by atoms with Gasteiger partial charge in [0.25, 0.3) is 0 Å². The van der Waals surface area contributed by atoms with Crippen molar-refractivity contribution in [2.75, 3.05) is 0 Å². The van der Waals surface area contributed by atoms with E-state index in [0.29, 0.717) is 6.07 Å². The van der Waals surface area contributed by atoms with Gasteiger partial charge in [-0.1, -0.05) is 0 Å². The number of halogens is 3. The van der Waals surface area contributed by atoms with Gasteiger partial charge >= 0.3 is 5.97 Å². The highest BCUT2D eigenvalue weighted by Gasteiger charge is 2.13. The Bertz CT molecular complexity index is 338. The summed E-state index contributed by atoms with van der Waals surface area (Å²) in [5.41, 5.74) is -0.645. The van der Waals surface area contributed by atoms with E-state index in [1.54, 1.807) is 22.6 Å². The van der Waals surface area contributed by atoms with Gasteiger partial charge in [-0.3, -0.25) is 0 Å². The van der Waals surface area contributed by atoms with E-state index in [9.17, 15) is 13.6 Å². The summed E-state index contributed by atoms with van der Waals surface area (Å²) in [6.45, 7) is 0. The fourth-order valence-corrected chi connectivity index (χ4v) is 1.12. The van der Waals surface area contributed by atoms with Crippen molar-refractivity contribution in [2.45, 2.75) is 0 Å². The third-order valence-corrected chi connectivity index (χ3v) is 2.07. The summed E-state index contributed by atoms with van der Waals surface area (Å²) in [5, 5.41) is 8.37. The van der Waals surface area contributed by atoms with E-state index in [4.69, 9.17) is 5.11 Å². The number of hydrogen-bond acceptors (Lipinski definition) is 1. The zero-order valence-corrected chi connectivity index (χ0v) is 7.80. The molecule has 1 aromatic rings. The van der Waals surface area contributed by atoms with Crippen LogP contribution in [0.5, 0.6) is 0 Å². The minimum atomic E-state index is -1.47. The van der Waals surface area contributed by atoms with Gasteiger partial charge in [0.1, 0.15) is 11.6 Å². The van der Waals surface area contributed by atoms with Crippen molar-refractivity contribution in [3.05, 3.63) is 32.9 Å². The van der Waals surface area contributed by atoms with Crippen molar-refractivity contribution in [1.82, 2.24) is 0 Å². The van der Waals surface area contributed by atoms with Crippen molar-refractivity contribution in [1.29, 1.82) is 0 Å². The highest BCUT2D eigenvalue weighted by molar-refractivity contribution is 14.1. The molecule has 0 radical (unpaired) electrons. The topological polar surface area (TPSA) is 37.3 Å². The minimum Gasteiger partial charge on any atom is -0.478 e. The molecule has 64 valence electrons. The van der Waals surface area contributed by atoms with Crippen LogP contribution >= 0.6 is 22.6 Å². The van der Waals surface area contributed by atoms with Crippen molar-refractivity contribution in [2.24, 2.45) is 0 Å². The van der Waals surface area contributed by atoms with Crippen LogP contribution in [0.15, 0.2) is 12.1 Å². The smallest absolute Gasteiger partial charge is 0.338 e. The van der Waals surface area contributed by atoms with Gasteiger partial charge in [0.2, 0.25) is 0 Å². The third kappa shape index (κ3) is 1.71. The molecule has 1 aromatic carbocycles. The predicted molar refractivity (Wildman–Crippen MR) is 46.0 cm³/mol. The number of benzene rings is 1. The maximum atomic E-state index is 12.7. The average Bonchev–Trinajstić information content (AvgIpc) is 1.96. The molecule has 0 bridgehead atoms. The number of aromatic carboxylic acids is 1. The van der Waals surface area contributed by atoms with E-state index in [1.807, 2.05) is 0 Å². The fraction of sp³-hybridized carbons (Fsp3) is 0. The second-order valence-electron chi connectivity index (χ2n) is 2.05. The Balaban J connectivity index is 3.33. The van der Waals surface area contributed by atoms with Gasteiger partial charge in [0.05, 0.1) is 9.13 Å². The maximum absolute atomic E-state index is 12.7. The van der Waals surface area contributed by atoms with Crippen LogP contribution in [0.1, 0.15) is 10.4 Å². The molecule has 0 spiro atoms. The molecule has 5 heteroatoms. The summed E-state index contributed by atoms with van der Waals surface area (Å²) in [6.07, 6.45) is 0. The van der Waals surface area contributed by atoms with Crippen LogP contribution in [0, 0.1) is 15.2 Å². The van der Waals surface area contributed by atoms with E-state index in [2.05, 4.69) is 0 Å². The highest BCUT2D eigenvalue weighted by atomic mass is 127. The molecular weight excluding hydrogens is 281 g/mol. The molecule has 0 saturated heterocycles. The molecule has 0 aliphatic rings. The predicted octanol–water partition coefficient (Wildman–Crippen LogP) is 2.27. The molecule has 2 nitrogen and oxygen atoms in total. The Hall–Kier alpha value is -0.720. The summed E-state index contributed by atoms with van der Waals surface area (Å²) in [6, 6.07) is 1.51. The first-order valence-corrected chi connectivity index (χ1v) is 3.98. The minimum absolute atomic E-state index is 0.0649. The van der Waals surface area contributed by atoms with Crippen molar-refractivity contribution >= 4 is 28.6 Å². The highest BCUT2D eigenvalue weighted by Crippen LogP contribution is 2.16. The molecule has 0 aliphatic heterocycles. The van der Waals surface area contributed by atoms with Crippen LogP contribution in [-0.4, -0.2) is 11.1 Å². The summed E-state index contributed by atoms with van der Waals surface area (Å²) in [4.78, 5) is 10.3. The number of carboxylic acids is 1. The molecule has 0 amide bonds. The zero-order valence-electron chi connectivity index (χ0n) is 5.64. The lowest BCUT2D eigenvalue weighted by Gasteiger charge is -1.98. The largest absolute Gasteiger partial charge is 0.478 e. The monoisotopic (exact) mass is 284 g/mol. The Morgan fingerprint density at radius 3 is 2.42 bits per heavy atom. The molecule has 0 aliphatic carbocycles. The first-order valence-electron chi connectivity index (χ1n) is 2.90. The molecule has 12 heavy (non-hydrogen) atoms. The van der Waals surface area contributed by atoms with Gasteiger partial charge < -0.3 is 5.11 Å². The lowest BCUT2D eigenvalue weighted by Crippen LogP contribution is -2.02. The Morgan fingerprint density at radius 1 is 1.33 bits per heavy atom. The van der Waals surface area contributed by atoms with E-state index < -0.39 is 23.2 Å². The van der Waals surface area contributed by atoms with Gasteiger partial charge in [-0.15, -0.1) is 0 Å². The van der Waals surface area contributed by atoms with Crippen LogP contribution in [0.25, 0.3) is 0 Å². The third-order valence-electron chi connectivity index (χ3n) is 1.24. The van der Waals surface area contributed by atoms with Crippen molar-refractivity contribution < 1.29 is 18.7 Å². The fourth-order valence-electron chi connectivity index (χ4n) is 0.686. The van der Waals surface area contributed by atoms with Crippen LogP contribution in [-0.2, 0) is 0 Å². The molecule has 0 fully saturated rings. The number of carbonyl (C=O) groups is 1. The van der Waals surface area contributed by atoms with Gasteiger partial charge in [0.15, 0.2) is 0 Å². The second kappa shape index (κ2) is 3.34. The Morgan fingerprint density at radius 2 is 1.92 bits per heavy atom. The molecule has 0 atom stereocenters. The van der Waals surface area contributed by atoms with Crippen LogP contribution in [0.2, 0.25) is 0 Å². The molecular formula is C7H3F2IO2. The summed E-state index contributed by atoms with van der Waals surface area (Å²) in [5.74, 6) is -3.12. The number of carboxylic acid groups (broad SMARTS) is 1. The van der Waals surface area contributed by atoms with Crippen molar-refractivity contribution in [3.8, 4) is 0 Å². The normalized spacial score (nSPS) is 9.92. The van der Waals surface area contributed by atoms with Crippen LogP contribution in [0.4, 0.5) is 8.78 Å². The SMILES string of the molecule is O=C(O)c1cc(F)c(I)cc1F. The molecule has 0 heterocycles. The van der Waals surface area contributed by atoms with Gasteiger partial charge in [0, 0.05) is 0 Å². The van der Waals surface area contributed by atoms with Crippen LogP contribution < -0.4 is 0 Å². The first kappa shape index (κ1) is 9.37. The number of hydrogen-bond donors (Lipinski definition) is 1. The van der Waals surface area contributed by atoms with Gasteiger partial charge in [-0.2, -0.15) is 0 Å². The summed E-state index contributed by atoms with van der Waals surface area (Å²) < 4.78 is 25.5. The number of rotatable bonds is 1. The lowest BCUT2D eigenvalue weighted by atomic mass is 10.2. The molecule has 0 unspecified atom stereocenters. The standard InChI is InChI=1S/C7H3F2IO2/c8-4-2-6(10)5(9)1-3(4)7(11)12/h1-2H,(H,11,12). The van der Waals surface area contributed by atoms with Crippen molar-refractivity contribution in [3.63, 3.8) is 0 Å². The maximum Gasteiger partial charge on any atom is 0.338 e. The summed E-state index contributed by atoms with van der Waals surface area (Å²) in [7, 11) is 0. The second-order valence-corrected chi connectivity index (χ2v) is 3.21. The molecule has 1 rings (SSSR count). The van der Waals surface area contributed by atoms with E-state index in [1.165, 1.54) is 0 Å². The van der Waals surface area contributed by atoms with Gasteiger partial charge in [-0.05, 0) is 34.7 Å². The molecule has 0 saturated carbocycles. The molecule has 0 aromatic heterocycles. The quantitative estimate of drug-likeness (QED) is 0.634. The summed E-state index contributed by atoms with van der Waals surface area (Å²) >= 11 is 1.58. The van der Waals surface area contributed by atoms with Gasteiger partial charge in [-0.25, -0.2) is 13.6 Å². The van der Waals surface area contributed by atoms with E-state index in [0.717, 1.165) is 6.07 Å². The molecule has 1 N–H and O–H groups in total. The first-order chi connectivity index (χ1) is 5.52. The Labute approximate surface area is 80.3 Å². The van der Waals surface area contributed by atoms with Crippen LogP contribution in [0.3, 0.4) is 0 Å². The lowest BCUT2D eigenvalue weighted by molar-refractivity contribution is 0.0691. The average molecular weight is 284 g/mol. The zero-order chi connectivity index (χ0) is 9.30. The van der Waals surface area contributed by atoms with E-state index >= 15 is 0 Å². The Kier molecular flexibility index (Phi) is 2.61.